The van der Waals surface area contributed by atoms with E-state index >= 15 is 0 Å². The van der Waals surface area contributed by atoms with Crippen LogP contribution in [0.4, 0.5) is 11.5 Å². The topological polar surface area (TPSA) is 102 Å². The molecule has 0 atom stereocenters. The number of fused-ring (bicyclic) bond motifs is 1. The molecule has 2 aromatic heterocycles. The van der Waals surface area contributed by atoms with Crippen LogP contribution < -0.4 is 10.6 Å². The van der Waals surface area contributed by atoms with Gasteiger partial charge in [0.2, 0.25) is 0 Å². The standard InChI is InChI=1S/C21H23N5O3/c1-12-7-8-15(13(2)10-12)22-20(27)18-16-6-4-5-9-26(16)19(24-18)21(28)23-17-11-14(3)29-25-17/h7-8,10-11H,4-6,9H2,1-3H3,(H,22,27)(H,23,25,28). The van der Waals surface area contributed by atoms with Crippen molar-refractivity contribution < 1.29 is 14.1 Å². The van der Waals surface area contributed by atoms with Crippen molar-refractivity contribution in [3.63, 3.8) is 0 Å². The summed E-state index contributed by atoms with van der Waals surface area (Å²) in [5.41, 5.74) is 3.93. The highest BCUT2D eigenvalue weighted by molar-refractivity contribution is 6.07. The zero-order chi connectivity index (χ0) is 20.5. The van der Waals surface area contributed by atoms with E-state index in [1.807, 2.05) is 36.6 Å². The zero-order valence-electron chi connectivity index (χ0n) is 16.7. The van der Waals surface area contributed by atoms with E-state index in [1.165, 1.54) is 0 Å². The van der Waals surface area contributed by atoms with Gasteiger partial charge in [-0.3, -0.25) is 9.59 Å². The molecule has 1 aliphatic rings. The molecule has 3 heterocycles. The normalized spacial score (nSPS) is 13.1. The van der Waals surface area contributed by atoms with Gasteiger partial charge >= 0.3 is 0 Å². The Bertz CT molecular complexity index is 1100. The number of carbonyl (C=O) groups is 2. The Morgan fingerprint density at radius 2 is 1.90 bits per heavy atom. The number of hydrogen-bond acceptors (Lipinski definition) is 5. The van der Waals surface area contributed by atoms with Gasteiger partial charge in [0.05, 0.1) is 5.69 Å². The molecule has 3 aromatic rings. The van der Waals surface area contributed by atoms with Crippen LogP contribution >= 0.6 is 0 Å². The van der Waals surface area contributed by atoms with Crippen LogP contribution in [0, 0.1) is 20.8 Å². The minimum Gasteiger partial charge on any atom is -0.360 e. The largest absolute Gasteiger partial charge is 0.360 e. The number of benzene rings is 1. The van der Waals surface area contributed by atoms with E-state index in [4.69, 9.17) is 4.52 Å². The lowest BCUT2D eigenvalue weighted by Crippen LogP contribution is -2.21. The molecule has 0 saturated heterocycles. The number of carbonyl (C=O) groups excluding carboxylic acids is 2. The SMILES string of the molecule is Cc1ccc(NC(=O)c2nc(C(=O)Nc3cc(C)on3)n3c2CCCC3)c(C)c1. The molecule has 0 fully saturated rings. The second-order valence-electron chi connectivity index (χ2n) is 7.39. The minimum atomic E-state index is -0.410. The van der Waals surface area contributed by atoms with Crippen LogP contribution in [-0.2, 0) is 13.0 Å². The molecule has 0 unspecified atom stereocenters. The van der Waals surface area contributed by atoms with Gasteiger partial charge in [-0.1, -0.05) is 22.9 Å². The second-order valence-corrected chi connectivity index (χ2v) is 7.39. The number of aromatic nitrogens is 3. The van der Waals surface area contributed by atoms with Gasteiger partial charge in [0, 0.05) is 18.3 Å². The van der Waals surface area contributed by atoms with Crippen molar-refractivity contribution in [1.29, 1.82) is 0 Å². The Balaban J connectivity index is 1.63. The summed E-state index contributed by atoms with van der Waals surface area (Å²) in [5.74, 6) is 0.415. The number of rotatable bonds is 4. The van der Waals surface area contributed by atoms with Crippen LogP contribution in [0.25, 0.3) is 0 Å². The molecule has 0 saturated carbocycles. The maximum absolute atomic E-state index is 13.0. The summed E-state index contributed by atoms with van der Waals surface area (Å²) in [6, 6.07) is 7.47. The molecule has 8 heteroatoms. The van der Waals surface area contributed by atoms with Crippen LogP contribution in [0.1, 0.15) is 56.5 Å². The molecular weight excluding hydrogens is 370 g/mol. The molecule has 8 nitrogen and oxygen atoms in total. The van der Waals surface area contributed by atoms with Crippen molar-refractivity contribution in [1.82, 2.24) is 14.7 Å². The Kier molecular flexibility index (Phi) is 4.92. The molecule has 2 N–H and O–H groups in total. The fourth-order valence-corrected chi connectivity index (χ4v) is 3.63. The summed E-state index contributed by atoms with van der Waals surface area (Å²) in [6.45, 7) is 6.35. The quantitative estimate of drug-likeness (QED) is 0.705. The fraction of sp³-hybridized carbons (Fsp3) is 0.333. The first-order valence-electron chi connectivity index (χ1n) is 9.65. The minimum absolute atomic E-state index is 0.214. The Labute approximate surface area is 168 Å². The number of nitrogens with zero attached hydrogens (tertiary/aromatic N) is 3. The average molecular weight is 393 g/mol. The number of imidazole rings is 1. The first-order valence-corrected chi connectivity index (χ1v) is 9.65. The molecule has 0 aliphatic carbocycles. The predicted molar refractivity (Wildman–Crippen MR) is 108 cm³/mol. The van der Waals surface area contributed by atoms with Gasteiger partial charge in [-0.25, -0.2) is 4.98 Å². The summed E-state index contributed by atoms with van der Waals surface area (Å²) >= 11 is 0. The van der Waals surface area contributed by atoms with Crippen LogP contribution in [0.15, 0.2) is 28.8 Å². The second kappa shape index (κ2) is 7.54. The number of amides is 2. The summed E-state index contributed by atoms with van der Waals surface area (Å²) in [5, 5.41) is 9.41. The molecule has 0 radical (unpaired) electrons. The van der Waals surface area contributed by atoms with Crippen molar-refractivity contribution in [2.75, 3.05) is 10.6 Å². The third kappa shape index (κ3) is 3.78. The first-order chi connectivity index (χ1) is 13.9. The van der Waals surface area contributed by atoms with Gasteiger partial charge in [0.1, 0.15) is 5.76 Å². The molecule has 1 aliphatic heterocycles. The van der Waals surface area contributed by atoms with Crippen molar-refractivity contribution in [3.05, 3.63) is 58.4 Å². The lowest BCUT2D eigenvalue weighted by Gasteiger charge is -2.17. The molecule has 4 rings (SSSR count). The van der Waals surface area contributed by atoms with Crippen LogP contribution in [0.5, 0.6) is 0 Å². The number of hydrogen-bond donors (Lipinski definition) is 2. The maximum atomic E-state index is 13.0. The highest BCUT2D eigenvalue weighted by atomic mass is 16.5. The lowest BCUT2D eigenvalue weighted by molar-refractivity contribution is 0.101. The van der Waals surface area contributed by atoms with Gasteiger partial charge in [0.25, 0.3) is 11.8 Å². The highest BCUT2D eigenvalue weighted by Gasteiger charge is 2.28. The van der Waals surface area contributed by atoms with E-state index in [-0.39, 0.29) is 11.7 Å². The van der Waals surface area contributed by atoms with Crippen LogP contribution in [0.2, 0.25) is 0 Å². The lowest BCUT2D eigenvalue weighted by atomic mass is 10.1. The predicted octanol–water partition coefficient (Wildman–Crippen LogP) is 3.64. The van der Waals surface area contributed by atoms with E-state index in [0.717, 1.165) is 35.3 Å². The van der Waals surface area contributed by atoms with E-state index in [0.29, 0.717) is 30.2 Å². The maximum Gasteiger partial charge on any atom is 0.292 e. The van der Waals surface area contributed by atoms with E-state index in [1.54, 1.807) is 13.0 Å². The van der Waals surface area contributed by atoms with Gasteiger partial charge in [0.15, 0.2) is 17.3 Å². The highest BCUT2D eigenvalue weighted by Crippen LogP contribution is 2.24. The van der Waals surface area contributed by atoms with Gasteiger partial charge in [-0.2, -0.15) is 0 Å². The van der Waals surface area contributed by atoms with Crippen molar-refractivity contribution >= 4 is 23.3 Å². The van der Waals surface area contributed by atoms with E-state index in [9.17, 15) is 9.59 Å². The molecule has 2 amide bonds. The molecule has 150 valence electrons. The molecular formula is C21H23N5O3. The molecule has 1 aromatic carbocycles. The summed E-state index contributed by atoms with van der Waals surface area (Å²) in [7, 11) is 0. The Morgan fingerprint density at radius 1 is 1.07 bits per heavy atom. The van der Waals surface area contributed by atoms with Gasteiger partial charge in [-0.05, 0) is 51.7 Å². The number of aryl methyl sites for hydroxylation is 3. The first kappa shape index (κ1) is 18.9. The molecule has 0 spiro atoms. The zero-order valence-corrected chi connectivity index (χ0v) is 16.7. The van der Waals surface area contributed by atoms with Crippen molar-refractivity contribution in [2.45, 2.75) is 46.6 Å². The van der Waals surface area contributed by atoms with Crippen LogP contribution in [-0.4, -0.2) is 26.5 Å². The van der Waals surface area contributed by atoms with Crippen LogP contribution in [0.3, 0.4) is 0 Å². The smallest absolute Gasteiger partial charge is 0.292 e. The van der Waals surface area contributed by atoms with Gasteiger partial charge < -0.3 is 19.7 Å². The third-order valence-corrected chi connectivity index (χ3v) is 5.04. The Hall–Kier alpha value is -3.42. The fourth-order valence-electron chi connectivity index (χ4n) is 3.63. The Morgan fingerprint density at radius 3 is 2.62 bits per heavy atom. The molecule has 29 heavy (non-hydrogen) atoms. The van der Waals surface area contributed by atoms with E-state index < -0.39 is 5.91 Å². The van der Waals surface area contributed by atoms with Crippen molar-refractivity contribution in [2.24, 2.45) is 0 Å². The number of nitrogens with one attached hydrogen (secondary N) is 2. The van der Waals surface area contributed by atoms with E-state index in [2.05, 4.69) is 20.8 Å². The van der Waals surface area contributed by atoms with Gasteiger partial charge in [-0.15, -0.1) is 0 Å². The molecule has 0 bridgehead atoms. The van der Waals surface area contributed by atoms with Crippen molar-refractivity contribution in [3.8, 4) is 0 Å². The summed E-state index contributed by atoms with van der Waals surface area (Å²) in [4.78, 5) is 30.2. The average Bonchev–Trinajstić information content (AvgIpc) is 3.27. The monoisotopic (exact) mass is 393 g/mol. The number of anilines is 2. The summed E-state index contributed by atoms with van der Waals surface area (Å²) in [6.07, 6.45) is 2.60. The summed E-state index contributed by atoms with van der Waals surface area (Å²) < 4.78 is 6.82. The third-order valence-electron chi connectivity index (χ3n) is 5.04.